The molecule has 1 aromatic carbocycles. The molecule has 0 atom stereocenters. The second-order valence-corrected chi connectivity index (χ2v) is 5.36. The van der Waals surface area contributed by atoms with Crippen molar-refractivity contribution in [2.24, 2.45) is 0 Å². The maximum absolute atomic E-state index is 9.14. The second kappa shape index (κ2) is 4.42. The van der Waals surface area contributed by atoms with Gasteiger partial charge >= 0.3 is 0 Å². The molecule has 1 aliphatic carbocycles. The molecule has 18 heavy (non-hydrogen) atoms. The van der Waals surface area contributed by atoms with Gasteiger partial charge in [-0.15, -0.1) is 5.10 Å². The van der Waals surface area contributed by atoms with E-state index in [9.17, 15) is 0 Å². The third-order valence-corrected chi connectivity index (χ3v) is 3.84. The first-order valence-corrected chi connectivity index (χ1v) is 6.56. The van der Waals surface area contributed by atoms with Crippen LogP contribution in [0.25, 0.3) is 0 Å². The zero-order valence-electron chi connectivity index (χ0n) is 9.87. The lowest BCUT2D eigenvalue weighted by molar-refractivity contribution is 0.565. The minimum atomic E-state index is 0.443. The minimum absolute atomic E-state index is 0.443. The second-order valence-electron chi connectivity index (χ2n) is 4.35. The number of hydrogen-bond donors (Lipinski definition) is 0. The Bertz CT molecular complexity index is 624. The van der Waals surface area contributed by atoms with Crippen LogP contribution in [0, 0.1) is 18.3 Å². The highest BCUT2D eigenvalue weighted by Crippen LogP contribution is 2.38. The molecule has 0 saturated heterocycles. The zero-order chi connectivity index (χ0) is 12.5. The lowest BCUT2D eigenvalue weighted by Gasteiger charge is -2.04. The normalized spacial score (nSPS) is 14.4. The van der Waals surface area contributed by atoms with Gasteiger partial charge in [-0.05, 0) is 59.7 Å². The van der Waals surface area contributed by atoms with Gasteiger partial charge in [0.2, 0.25) is 5.16 Å². The first-order chi connectivity index (χ1) is 8.78. The first-order valence-electron chi connectivity index (χ1n) is 5.74. The number of aryl methyl sites for hydroxylation is 1. The van der Waals surface area contributed by atoms with Crippen LogP contribution in [-0.2, 0) is 0 Å². The van der Waals surface area contributed by atoms with E-state index in [4.69, 9.17) is 5.26 Å². The quantitative estimate of drug-likeness (QED) is 0.844. The molecule has 1 aromatic heterocycles. The van der Waals surface area contributed by atoms with Crippen molar-refractivity contribution < 1.29 is 0 Å². The van der Waals surface area contributed by atoms with Crippen LogP contribution in [0.1, 0.15) is 30.0 Å². The molecular formula is C12H11N5S. The summed E-state index contributed by atoms with van der Waals surface area (Å²) in [5.74, 6) is 0. The van der Waals surface area contributed by atoms with Crippen LogP contribution in [0.4, 0.5) is 0 Å². The number of hydrogen-bond acceptors (Lipinski definition) is 5. The Hall–Kier alpha value is -1.87. The summed E-state index contributed by atoms with van der Waals surface area (Å²) in [5.41, 5.74) is 1.75. The van der Waals surface area contributed by atoms with Crippen molar-refractivity contribution in [1.82, 2.24) is 20.2 Å². The summed E-state index contributed by atoms with van der Waals surface area (Å²) in [6, 6.07) is 8.48. The van der Waals surface area contributed by atoms with Crippen molar-refractivity contribution in [3.63, 3.8) is 0 Å². The Morgan fingerprint density at radius 2 is 2.28 bits per heavy atom. The monoisotopic (exact) mass is 257 g/mol. The highest BCUT2D eigenvalue weighted by atomic mass is 32.2. The maximum atomic E-state index is 9.14. The number of tetrazole rings is 1. The molecule has 0 radical (unpaired) electrons. The Balaban J connectivity index is 1.92. The molecule has 1 saturated carbocycles. The third kappa shape index (κ3) is 2.09. The number of nitriles is 1. The predicted octanol–water partition coefficient (Wildman–Crippen LogP) is 2.34. The lowest BCUT2D eigenvalue weighted by Crippen LogP contribution is -1.98. The Morgan fingerprint density at radius 1 is 1.44 bits per heavy atom. The van der Waals surface area contributed by atoms with Crippen molar-refractivity contribution in [2.45, 2.75) is 35.9 Å². The Kier molecular flexibility index (Phi) is 2.76. The summed E-state index contributed by atoms with van der Waals surface area (Å²) in [6.07, 6.45) is 2.27. The van der Waals surface area contributed by atoms with Gasteiger partial charge in [-0.3, -0.25) is 0 Å². The fraction of sp³-hybridized carbons (Fsp3) is 0.333. The van der Waals surface area contributed by atoms with Crippen LogP contribution in [0.2, 0.25) is 0 Å². The van der Waals surface area contributed by atoms with Gasteiger partial charge in [0.25, 0.3) is 0 Å². The van der Waals surface area contributed by atoms with Gasteiger partial charge in [0.05, 0.1) is 11.6 Å². The van der Waals surface area contributed by atoms with Crippen molar-refractivity contribution in [2.75, 3.05) is 0 Å². The SMILES string of the molecule is Cc1ccc(Sc2nnnn2C2CC2)c(C#N)c1. The molecule has 0 spiro atoms. The zero-order valence-corrected chi connectivity index (χ0v) is 10.7. The van der Waals surface area contributed by atoms with Gasteiger partial charge in [0.15, 0.2) is 0 Å². The van der Waals surface area contributed by atoms with E-state index >= 15 is 0 Å². The molecule has 2 aromatic rings. The number of rotatable bonds is 3. The standard InChI is InChI=1S/C12H11N5S/c1-8-2-5-11(9(6-8)7-13)18-12-14-15-16-17(12)10-3-4-10/h2,5-6,10H,3-4H2,1H3. The van der Waals surface area contributed by atoms with Gasteiger partial charge in [-0.1, -0.05) is 6.07 Å². The molecule has 6 heteroatoms. The Morgan fingerprint density at radius 3 is 3.00 bits per heavy atom. The lowest BCUT2D eigenvalue weighted by atomic mass is 10.2. The molecule has 1 aliphatic rings. The first kappa shape index (κ1) is 11.2. The topological polar surface area (TPSA) is 67.4 Å². The van der Waals surface area contributed by atoms with Gasteiger partial charge in [-0.25, -0.2) is 4.68 Å². The van der Waals surface area contributed by atoms with Crippen molar-refractivity contribution >= 4 is 11.8 Å². The molecule has 0 aliphatic heterocycles. The van der Waals surface area contributed by atoms with Crippen LogP contribution in [0.3, 0.4) is 0 Å². The maximum Gasteiger partial charge on any atom is 0.214 e. The summed E-state index contributed by atoms with van der Waals surface area (Å²) >= 11 is 1.45. The summed E-state index contributed by atoms with van der Waals surface area (Å²) in [6.45, 7) is 1.98. The summed E-state index contributed by atoms with van der Waals surface area (Å²) in [4.78, 5) is 0.903. The van der Waals surface area contributed by atoms with E-state index in [0.29, 0.717) is 11.6 Å². The van der Waals surface area contributed by atoms with E-state index < -0.39 is 0 Å². The molecule has 1 heterocycles. The summed E-state index contributed by atoms with van der Waals surface area (Å²) in [5, 5.41) is 21.6. The highest BCUT2D eigenvalue weighted by Gasteiger charge is 2.28. The molecule has 0 N–H and O–H groups in total. The molecule has 1 fully saturated rings. The smallest absolute Gasteiger partial charge is 0.214 e. The fourth-order valence-corrected chi connectivity index (χ4v) is 2.62. The summed E-state index contributed by atoms with van der Waals surface area (Å²) in [7, 11) is 0. The molecule has 0 amide bonds. The van der Waals surface area contributed by atoms with Crippen molar-refractivity contribution in [3.8, 4) is 6.07 Å². The van der Waals surface area contributed by atoms with E-state index in [2.05, 4.69) is 21.6 Å². The predicted molar refractivity (Wildman–Crippen MR) is 66.1 cm³/mol. The van der Waals surface area contributed by atoms with Crippen molar-refractivity contribution in [3.05, 3.63) is 29.3 Å². The Labute approximate surface area is 109 Å². The minimum Gasteiger partial charge on any atom is -0.217 e. The van der Waals surface area contributed by atoms with E-state index in [0.717, 1.165) is 28.5 Å². The van der Waals surface area contributed by atoms with E-state index in [1.807, 2.05) is 29.8 Å². The average molecular weight is 257 g/mol. The van der Waals surface area contributed by atoms with Gasteiger partial charge in [0.1, 0.15) is 6.07 Å². The molecule has 90 valence electrons. The molecule has 0 unspecified atom stereocenters. The number of aromatic nitrogens is 4. The van der Waals surface area contributed by atoms with Crippen LogP contribution >= 0.6 is 11.8 Å². The molecule has 3 rings (SSSR count). The van der Waals surface area contributed by atoms with E-state index in [1.54, 1.807) is 0 Å². The van der Waals surface area contributed by atoms with Crippen LogP contribution in [0.15, 0.2) is 28.3 Å². The average Bonchev–Trinajstić information content (AvgIpc) is 3.12. The molecule has 5 nitrogen and oxygen atoms in total. The number of benzene rings is 1. The highest BCUT2D eigenvalue weighted by molar-refractivity contribution is 7.99. The van der Waals surface area contributed by atoms with E-state index in [1.165, 1.54) is 11.8 Å². The molecule has 0 bridgehead atoms. The van der Waals surface area contributed by atoms with Crippen molar-refractivity contribution in [1.29, 1.82) is 5.26 Å². The fourth-order valence-electron chi connectivity index (χ4n) is 1.72. The summed E-state index contributed by atoms with van der Waals surface area (Å²) < 4.78 is 1.85. The van der Waals surface area contributed by atoms with Gasteiger partial charge in [-0.2, -0.15) is 5.26 Å². The molecular weight excluding hydrogens is 246 g/mol. The van der Waals surface area contributed by atoms with Crippen LogP contribution in [-0.4, -0.2) is 20.2 Å². The third-order valence-electron chi connectivity index (χ3n) is 2.81. The van der Waals surface area contributed by atoms with Gasteiger partial charge < -0.3 is 0 Å². The van der Waals surface area contributed by atoms with Crippen LogP contribution < -0.4 is 0 Å². The van der Waals surface area contributed by atoms with Gasteiger partial charge in [0, 0.05) is 4.90 Å². The largest absolute Gasteiger partial charge is 0.217 e. The van der Waals surface area contributed by atoms with Crippen LogP contribution in [0.5, 0.6) is 0 Å². The number of nitrogens with zero attached hydrogens (tertiary/aromatic N) is 5. The van der Waals surface area contributed by atoms with E-state index in [-0.39, 0.29) is 0 Å².